The Morgan fingerprint density at radius 2 is 1.90 bits per heavy atom. The average molecular weight is 383 g/mol. The van der Waals surface area contributed by atoms with Gasteiger partial charge in [-0.05, 0) is 60.2 Å². The minimum absolute atomic E-state index is 0.337. The van der Waals surface area contributed by atoms with Crippen LogP contribution in [0.15, 0.2) is 95.7 Å². The molecule has 0 aliphatic carbocycles. The zero-order valence-electron chi connectivity index (χ0n) is 15.5. The van der Waals surface area contributed by atoms with Gasteiger partial charge in [0, 0.05) is 10.9 Å². The Labute approximate surface area is 167 Å². The van der Waals surface area contributed by atoms with Crippen molar-refractivity contribution in [1.82, 2.24) is 0 Å². The SMILES string of the molecule is C=C/C=C(\C=C)Oc1ccc(-c2cc3ccc(/C=C(/C#N)C(=O)O)cc3o2)cc1. The second kappa shape index (κ2) is 8.59. The van der Waals surface area contributed by atoms with Crippen LogP contribution in [0.4, 0.5) is 0 Å². The zero-order valence-corrected chi connectivity index (χ0v) is 15.5. The molecule has 0 saturated heterocycles. The lowest BCUT2D eigenvalue weighted by Crippen LogP contribution is -1.97. The number of rotatable bonds is 7. The summed E-state index contributed by atoms with van der Waals surface area (Å²) in [6.45, 7) is 7.33. The lowest BCUT2D eigenvalue weighted by molar-refractivity contribution is -0.132. The summed E-state index contributed by atoms with van der Waals surface area (Å²) in [5.74, 6) is 0.646. The van der Waals surface area contributed by atoms with E-state index >= 15 is 0 Å². The minimum Gasteiger partial charge on any atom is -0.477 e. The van der Waals surface area contributed by atoms with Crippen molar-refractivity contribution in [3.63, 3.8) is 0 Å². The number of benzene rings is 2. The minimum atomic E-state index is -1.27. The molecule has 3 aromatic rings. The molecule has 0 saturated carbocycles. The molecule has 29 heavy (non-hydrogen) atoms. The molecule has 142 valence electrons. The Kier molecular flexibility index (Phi) is 5.77. The first-order chi connectivity index (χ1) is 14.0. The van der Waals surface area contributed by atoms with Gasteiger partial charge in [0.1, 0.15) is 34.5 Å². The number of aliphatic carboxylic acids is 1. The van der Waals surface area contributed by atoms with E-state index in [9.17, 15) is 4.79 Å². The van der Waals surface area contributed by atoms with Crippen LogP contribution in [-0.2, 0) is 4.79 Å². The number of carboxylic acid groups (broad SMARTS) is 1. The maximum Gasteiger partial charge on any atom is 0.346 e. The largest absolute Gasteiger partial charge is 0.477 e. The van der Waals surface area contributed by atoms with Crippen molar-refractivity contribution in [3.05, 3.63) is 96.8 Å². The molecule has 0 unspecified atom stereocenters. The number of fused-ring (bicyclic) bond motifs is 1. The molecule has 0 aliphatic rings. The highest BCUT2D eigenvalue weighted by molar-refractivity contribution is 5.97. The Hall–Kier alpha value is -4.30. The highest BCUT2D eigenvalue weighted by Gasteiger charge is 2.09. The number of furan rings is 1. The third-order valence-electron chi connectivity index (χ3n) is 4.06. The number of allylic oxidation sites excluding steroid dienone is 3. The summed E-state index contributed by atoms with van der Waals surface area (Å²) in [6, 6.07) is 16.2. The molecule has 5 heteroatoms. The summed E-state index contributed by atoms with van der Waals surface area (Å²) in [5.41, 5.74) is 1.70. The van der Waals surface area contributed by atoms with Gasteiger partial charge in [0.15, 0.2) is 0 Å². The van der Waals surface area contributed by atoms with E-state index in [0.29, 0.717) is 28.4 Å². The molecule has 0 radical (unpaired) electrons. The van der Waals surface area contributed by atoms with Gasteiger partial charge in [-0.25, -0.2) is 4.79 Å². The van der Waals surface area contributed by atoms with Crippen molar-refractivity contribution < 1.29 is 19.1 Å². The first-order valence-corrected chi connectivity index (χ1v) is 8.66. The normalized spacial score (nSPS) is 11.7. The predicted octanol–water partition coefficient (Wildman–Crippen LogP) is 5.73. The molecular formula is C24H17NO4. The van der Waals surface area contributed by atoms with Crippen molar-refractivity contribution in [1.29, 1.82) is 5.26 Å². The second-order valence-electron chi connectivity index (χ2n) is 6.02. The molecular weight excluding hydrogens is 366 g/mol. The number of ether oxygens (including phenoxy) is 1. The summed E-state index contributed by atoms with van der Waals surface area (Å²) in [6.07, 6.45) is 6.25. The fourth-order valence-corrected chi connectivity index (χ4v) is 2.67. The van der Waals surface area contributed by atoms with Crippen LogP contribution in [0.5, 0.6) is 5.75 Å². The van der Waals surface area contributed by atoms with Crippen molar-refractivity contribution in [2.75, 3.05) is 0 Å². The second-order valence-corrected chi connectivity index (χ2v) is 6.02. The van der Waals surface area contributed by atoms with Crippen LogP contribution >= 0.6 is 0 Å². The van der Waals surface area contributed by atoms with Crippen LogP contribution in [-0.4, -0.2) is 11.1 Å². The molecule has 0 fully saturated rings. The topological polar surface area (TPSA) is 83.5 Å². The molecule has 1 aromatic heterocycles. The van der Waals surface area contributed by atoms with E-state index in [1.54, 1.807) is 36.4 Å². The summed E-state index contributed by atoms with van der Waals surface area (Å²) < 4.78 is 11.6. The third kappa shape index (κ3) is 4.52. The van der Waals surface area contributed by atoms with Gasteiger partial charge in [-0.1, -0.05) is 31.4 Å². The number of hydrogen-bond acceptors (Lipinski definition) is 4. The fourth-order valence-electron chi connectivity index (χ4n) is 2.67. The quantitative estimate of drug-likeness (QED) is 0.244. The van der Waals surface area contributed by atoms with Gasteiger partial charge < -0.3 is 14.3 Å². The van der Waals surface area contributed by atoms with Crippen LogP contribution in [0.25, 0.3) is 28.4 Å². The maximum absolute atomic E-state index is 11.0. The van der Waals surface area contributed by atoms with Crippen molar-refractivity contribution in [2.45, 2.75) is 0 Å². The molecule has 0 bridgehead atoms. The van der Waals surface area contributed by atoms with E-state index < -0.39 is 5.97 Å². The van der Waals surface area contributed by atoms with Crippen molar-refractivity contribution in [3.8, 4) is 23.1 Å². The number of nitrogens with zero attached hydrogens (tertiary/aromatic N) is 1. The Balaban J connectivity index is 1.88. The molecule has 0 aliphatic heterocycles. The first kappa shape index (κ1) is 19.5. The Morgan fingerprint density at radius 3 is 2.52 bits per heavy atom. The van der Waals surface area contributed by atoms with Crippen LogP contribution in [0.3, 0.4) is 0 Å². The van der Waals surface area contributed by atoms with Gasteiger partial charge in [-0.15, -0.1) is 0 Å². The van der Waals surface area contributed by atoms with Crippen LogP contribution in [0.1, 0.15) is 5.56 Å². The standard InChI is InChI=1S/C24H17NO4/c1-3-5-20(4-2)28-21-10-8-17(9-11-21)23-14-18-7-6-16(13-22(18)29-23)12-19(15-25)24(26)27/h3-14H,1-2H2,(H,26,27)/b19-12-,20-5+. The average Bonchev–Trinajstić information content (AvgIpc) is 3.15. The lowest BCUT2D eigenvalue weighted by Gasteiger charge is -2.06. The van der Waals surface area contributed by atoms with E-state index in [1.165, 1.54) is 6.08 Å². The number of hydrogen-bond donors (Lipinski definition) is 1. The first-order valence-electron chi connectivity index (χ1n) is 8.66. The third-order valence-corrected chi connectivity index (χ3v) is 4.06. The smallest absolute Gasteiger partial charge is 0.346 e. The van der Waals surface area contributed by atoms with Gasteiger partial charge >= 0.3 is 5.97 Å². The molecule has 1 heterocycles. The summed E-state index contributed by atoms with van der Waals surface area (Å²) in [4.78, 5) is 11.0. The van der Waals surface area contributed by atoms with Gasteiger partial charge in [0.25, 0.3) is 0 Å². The molecule has 0 atom stereocenters. The van der Waals surface area contributed by atoms with Crippen molar-refractivity contribution in [2.24, 2.45) is 0 Å². The van der Waals surface area contributed by atoms with Gasteiger partial charge in [0.05, 0.1) is 0 Å². The summed E-state index contributed by atoms with van der Waals surface area (Å²) in [5, 5.41) is 18.8. The van der Waals surface area contributed by atoms with Gasteiger partial charge in [0.2, 0.25) is 0 Å². The lowest BCUT2D eigenvalue weighted by atomic mass is 10.1. The molecule has 0 amide bonds. The Morgan fingerprint density at radius 1 is 1.14 bits per heavy atom. The monoisotopic (exact) mass is 383 g/mol. The van der Waals surface area contributed by atoms with Crippen LogP contribution in [0, 0.1) is 11.3 Å². The molecule has 5 nitrogen and oxygen atoms in total. The van der Waals surface area contributed by atoms with Gasteiger partial charge in [-0.2, -0.15) is 5.26 Å². The van der Waals surface area contributed by atoms with E-state index in [-0.39, 0.29) is 5.57 Å². The van der Waals surface area contributed by atoms with Crippen LogP contribution < -0.4 is 4.74 Å². The molecule has 2 aromatic carbocycles. The molecule has 3 rings (SSSR count). The van der Waals surface area contributed by atoms with Crippen LogP contribution in [0.2, 0.25) is 0 Å². The highest BCUT2D eigenvalue weighted by atomic mass is 16.5. The summed E-state index contributed by atoms with van der Waals surface area (Å²) >= 11 is 0. The Bertz CT molecular complexity index is 1190. The van der Waals surface area contributed by atoms with Crippen molar-refractivity contribution >= 4 is 23.0 Å². The summed E-state index contributed by atoms with van der Waals surface area (Å²) in [7, 11) is 0. The van der Waals surface area contributed by atoms with E-state index in [0.717, 1.165) is 10.9 Å². The molecule has 0 spiro atoms. The van der Waals surface area contributed by atoms with E-state index in [4.69, 9.17) is 19.5 Å². The van der Waals surface area contributed by atoms with E-state index in [1.807, 2.05) is 36.4 Å². The fraction of sp³-hybridized carbons (Fsp3) is 0. The number of carbonyl (C=O) groups is 1. The number of nitriles is 1. The zero-order chi connectivity index (χ0) is 20.8. The molecule has 1 N–H and O–H groups in total. The van der Waals surface area contributed by atoms with Gasteiger partial charge in [-0.3, -0.25) is 0 Å². The maximum atomic E-state index is 11.0. The van der Waals surface area contributed by atoms with E-state index in [2.05, 4.69) is 13.2 Å². The predicted molar refractivity (Wildman–Crippen MR) is 112 cm³/mol. The highest BCUT2D eigenvalue weighted by Crippen LogP contribution is 2.30. The number of carboxylic acids is 1.